The molecule has 1 aromatic rings. The number of rotatable bonds is 3. The van der Waals surface area contributed by atoms with E-state index in [0.717, 1.165) is 36.1 Å². The van der Waals surface area contributed by atoms with E-state index < -0.39 is 5.41 Å². The normalized spacial score (nSPS) is 32.3. The molecule has 1 heterocycles. The Bertz CT molecular complexity index is 805. The molecule has 3 aliphatic rings. The van der Waals surface area contributed by atoms with Gasteiger partial charge in [-0.1, -0.05) is 30.9 Å². The average molecular weight is 305 g/mol. The monoisotopic (exact) mass is 305 g/mol. The zero-order chi connectivity index (χ0) is 16.4. The van der Waals surface area contributed by atoms with Gasteiger partial charge in [0.25, 0.3) is 0 Å². The summed E-state index contributed by atoms with van der Waals surface area (Å²) in [5, 5.41) is 9.11. The standard InChI is InChI=1S/C19H19N3O/c1-12-9-18(17(23)22-11-13(22)2)6-7-19(12,18)16(21)15-5-3-4-14(8-15)10-20/h3-5,8,16H,1-2,6-7,9,11,21H2/t16?,18-,19-,22?/m1/s1. The molecule has 4 heteroatoms. The fourth-order valence-electron chi connectivity index (χ4n) is 4.63. The van der Waals surface area contributed by atoms with E-state index in [1.165, 1.54) is 0 Å². The highest BCUT2D eigenvalue weighted by atomic mass is 16.2. The molecule has 3 fully saturated rings. The van der Waals surface area contributed by atoms with Crippen molar-refractivity contribution in [2.45, 2.75) is 25.3 Å². The molecular weight excluding hydrogens is 286 g/mol. The van der Waals surface area contributed by atoms with Crippen LogP contribution in [-0.4, -0.2) is 17.4 Å². The Morgan fingerprint density at radius 1 is 1.39 bits per heavy atom. The molecule has 1 aliphatic heterocycles. The maximum atomic E-state index is 12.9. The van der Waals surface area contributed by atoms with Crippen LogP contribution in [0.15, 0.2) is 48.7 Å². The molecule has 0 radical (unpaired) electrons. The van der Waals surface area contributed by atoms with Gasteiger partial charge in [-0.05, 0) is 37.0 Å². The zero-order valence-electron chi connectivity index (χ0n) is 13.0. The third-order valence-electron chi connectivity index (χ3n) is 6.13. The first-order chi connectivity index (χ1) is 11.0. The molecule has 3 atom stereocenters. The maximum Gasteiger partial charge on any atom is 0.234 e. The van der Waals surface area contributed by atoms with E-state index in [-0.39, 0.29) is 17.4 Å². The van der Waals surface area contributed by atoms with Crippen molar-refractivity contribution in [3.8, 4) is 6.07 Å². The third kappa shape index (κ3) is 1.55. The van der Waals surface area contributed by atoms with Gasteiger partial charge in [-0.15, -0.1) is 0 Å². The summed E-state index contributed by atoms with van der Waals surface area (Å²) in [6.07, 6.45) is 2.47. The van der Waals surface area contributed by atoms with Gasteiger partial charge in [-0.25, -0.2) is 0 Å². The molecule has 0 spiro atoms. The second-order valence-electron chi connectivity index (χ2n) is 7.01. The first kappa shape index (κ1) is 14.2. The molecule has 1 aromatic carbocycles. The van der Waals surface area contributed by atoms with Crippen molar-refractivity contribution in [2.75, 3.05) is 6.54 Å². The summed E-state index contributed by atoms with van der Waals surface area (Å²) in [6.45, 7) is 8.73. The van der Waals surface area contributed by atoms with Gasteiger partial charge in [-0.3, -0.25) is 4.79 Å². The van der Waals surface area contributed by atoms with Crippen molar-refractivity contribution in [1.29, 1.82) is 5.26 Å². The van der Waals surface area contributed by atoms with Crippen molar-refractivity contribution >= 4 is 5.91 Å². The van der Waals surface area contributed by atoms with Crippen LogP contribution in [0.5, 0.6) is 0 Å². The van der Waals surface area contributed by atoms with Gasteiger partial charge in [-0.2, -0.15) is 5.26 Å². The lowest BCUT2D eigenvalue weighted by Crippen LogP contribution is -2.69. The van der Waals surface area contributed by atoms with E-state index in [0.29, 0.717) is 12.1 Å². The van der Waals surface area contributed by atoms with E-state index in [4.69, 9.17) is 11.0 Å². The predicted molar refractivity (Wildman–Crippen MR) is 86.8 cm³/mol. The minimum absolute atomic E-state index is 0.160. The Hall–Kier alpha value is -2.38. The van der Waals surface area contributed by atoms with Crippen LogP contribution >= 0.6 is 0 Å². The van der Waals surface area contributed by atoms with Gasteiger partial charge in [0.2, 0.25) is 5.91 Å². The summed E-state index contributed by atoms with van der Waals surface area (Å²) in [5.74, 6) is 0.160. The lowest BCUT2D eigenvalue weighted by atomic mass is 9.33. The summed E-state index contributed by atoms with van der Waals surface area (Å²) in [4.78, 5) is 14.7. The summed E-state index contributed by atoms with van der Waals surface area (Å²) >= 11 is 0. The summed E-state index contributed by atoms with van der Waals surface area (Å²) in [6, 6.07) is 9.23. The SMILES string of the molecule is C=C1CN1C(=O)[C@]12CC[C@]1(C(N)c1cccc(C#N)c1)C(=C)C2. The Morgan fingerprint density at radius 2 is 2.13 bits per heavy atom. The van der Waals surface area contributed by atoms with Crippen LogP contribution in [0, 0.1) is 22.2 Å². The summed E-state index contributed by atoms with van der Waals surface area (Å²) < 4.78 is 0. The van der Waals surface area contributed by atoms with Gasteiger partial charge in [0, 0.05) is 17.2 Å². The molecule has 0 bridgehead atoms. The number of carbonyl (C=O) groups is 1. The number of nitriles is 1. The molecule has 2 N–H and O–H groups in total. The Morgan fingerprint density at radius 3 is 2.65 bits per heavy atom. The van der Waals surface area contributed by atoms with Crippen LogP contribution in [0.2, 0.25) is 0 Å². The highest BCUT2D eigenvalue weighted by molar-refractivity contribution is 5.92. The van der Waals surface area contributed by atoms with Crippen molar-refractivity contribution in [3.05, 3.63) is 59.8 Å². The molecule has 4 nitrogen and oxygen atoms in total. The molecule has 1 amide bonds. The topological polar surface area (TPSA) is 69.9 Å². The van der Waals surface area contributed by atoms with E-state index >= 15 is 0 Å². The predicted octanol–water partition coefficient (Wildman–Crippen LogP) is 2.64. The fourth-order valence-corrected chi connectivity index (χ4v) is 4.63. The molecule has 4 rings (SSSR count). The maximum absolute atomic E-state index is 12.9. The van der Waals surface area contributed by atoms with Gasteiger partial charge in [0.1, 0.15) is 0 Å². The minimum Gasteiger partial charge on any atom is -0.323 e. The van der Waals surface area contributed by atoms with Crippen molar-refractivity contribution < 1.29 is 4.79 Å². The van der Waals surface area contributed by atoms with Crippen LogP contribution in [-0.2, 0) is 4.79 Å². The number of nitrogens with two attached hydrogens (primary N) is 1. The molecule has 1 unspecified atom stereocenters. The first-order valence-electron chi connectivity index (χ1n) is 7.90. The second kappa shape index (κ2) is 4.33. The van der Waals surface area contributed by atoms with Crippen molar-refractivity contribution in [3.63, 3.8) is 0 Å². The average Bonchev–Trinajstić information content (AvgIpc) is 3.28. The van der Waals surface area contributed by atoms with E-state index in [1.807, 2.05) is 18.2 Å². The van der Waals surface area contributed by atoms with Crippen LogP contribution in [0.3, 0.4) is 0 Å². The molecule has 2 saturated carbocycles. The highest BCUT2D eigenvalue weighted by Crippen LogP contribution is 2.77. The smallest absolute Gasteiger partial charge is 0.234 e. The number of carbonyl (C=O) groups excluding carboxylic acids is 1. The number of fused-ring (bicyclic) bond motifs is 1. The molecule has 1 saturated heterocycles. The molecule has 2 aliphatic carbocycles. The molecule has 0 aromatic heterocycles. The third-order valence-corrected chi connectivity index (χ3v) is 6.13. The number of hydrogen-bond donors (Lipinski definition) is 1. The molecule has 23 heavy (non-hydrogen) atoms. The number of benzene rings is 1. The zero-order valence-corrected chi connectivity index (χ0v) is 13.0. The number of hydrogen-bond acceptors (Lipinski definition) is 3. The number of nitrogens with zero attached hydrogens (tertiary/aromatic N) is 2. The van der Waals surface area contributed by atoms with E-state index in [1.54, 1.807) is 11.0 Å². The van der Waals surface area contributed by atoms with Crippen molar-refractivity contribution in [2.24, 2.45) is 16.6 Å². The van der Waals surface area contributed by atoms with E-state index in [9.17, 15) is 4.79 Å². The van der Waals surface area contributed by atoms with Crippen LogP contribution < -0.4 is 5.73 Å². The quantitative estimate of drug-likeness (QED) is 0.689. The van der Waals surface area contributed by atoms with Gasteiger partial charge in [0.15, 0.2) is 0 Å². The van der Waals surface area contributed by atoms with Crippen LogP contribution in [0.25, 0.3) is 0 Å². The summed E-state index contributed by atoms with van der Waals surface area (Å²) in [7, 11) is 0. The van der Waals surface area contributed by atoms with Gasteiger partial charge in [0.05, 0.1) is 23.6 Å². The largest absolute Gasteiger partial charge is 0.323 e. The highest BCUT2D eigenvalue weighted by Gasteiger charge is 2.75. The molecule has 116 valence electrons. The van der Waals surface area contributed by atoms with E-state index in [2.05, 4.69) is 19.2 Å². The number of amides is 1. The Labute approximate surface area is 135 Å². The summed E-state index contributed by atoms with van der Waals surface area (Å²) in [5.41, 5.74) is 9.30. The first-order valence-corrected chi connectivity index (χ1v) is 7.90. The lowest BCUT2D eigenvalue weighted by Gasteiger charge is -2.70. The van der Waals surface area contributed by atoms with Crippen molar-refractivity contribution in [1.82, 2.24) is 4.90 Å². The van der Waals surface area contributed by atoms with Crippen LogP contribution in [0.1, 0.15) is 36.4 Å². The lowest BCUT2D eigenvalue weighted by molar-refractivity contribution is -0.178. The minimum atomic E-state index is -0.411. The van der Waals surface area contributed by atoms with Gasteiger partial charge >= 0.3 is 0 Å². The Kier molecular flexibility index (Phi) is 2.68. The second-order valence-corrected chi connectivity index (χ2v) is 7.01. The van der Waals surface area contributed by atoms with Crippen LogP contribution in [0.4, 0.5) is 0 Å². The fraction of sp³-hybridized carbons (Fsp3) is 0.368. The van der Waals surface area contributed by atoms with Gasteiger partial charge < -0.3 is 10.6 Å². The Balaban J connectivity index is 1.71. The molecular formula is C19H19N3O.